The van der Waals surface area contributed by atoms with Crippen LogP contribution >= 0.6 is 15.9 Å². The summed E-state index contributed by atoms with van der Waals surface area (Å²) in [5.41, 5.74) is 0.322. The monoisotopic (exact) mass is 492 g/mol. The molecule has 5 rings (SSSR count). The van der Waals surface area contributed by atoms with E-state index < -0.39 is 7.12 Å². The number of hydrogen-bond acceptors (Lipinski definition) is 9. The lowest BCUT2D eigenvalue weighted by atomic mass is 9.83. The lowest BCUT2D eigenvalue weighted by Crippen LogP contribution is -2.46. The smallest absolute Gasteiger partial charge is 0.423 e. The molecule has 3 aliphatic heterocycles. The van der Waals surface area contributed by atoms with Gasteiger partial charge in [0.15, 0.2) is 0 Å². The number of anilines is 2. The van der Waals surface area contributed by atoms with E-state index in [1.165, 1.54) is 25.2 Å². The molecular formula is C20H30BBrN6O3. The van der Waals surface area contributed by atoms with Crippen LogP contribution in [0.2, 0.25) is 0 Å². The van der Waals surface area contributed by atoms with Crippen LogP contribution < -0.4 is 15.3 Å². The third-order valence-corrected chi connectivity index (χ3v) is 5.49. The minimum atomic E-state index is -1.49. The Kier molecular flexibility index (Phi) is 9.00. The van der Waals surface area contributed by atoms with Gasteiger partial charge < -0.3 is 24.6 Å². The molecule has 2 N–H and O–H groups in total. The zero-order chi connectivity index (χ0) is 22.2. The van der Waals surface area contributed by atoms with Crippen LogP contribution in [0.3, 0.4) is 0 Å². The lowest BCUT2D eigenvalue weighted by Gasteiger charge is -2.37. The average molecular weight is 493 g/mol. The van der Waals surface area contributed by atoms with E-state index in [2.05, 4.69) is 59.5 Å². The highest BCUT2D eigenvalue weighted by Crippen LogP contribution is 2.20. The van der Waals surface area contributed by atoms with Crippen LogP contribution in [-0.2, 0) is 4.74 Å². The first-order chi connectivity index (χ1) is 14.9. The standard InChI is InChI=1S/C8H12BN3O2.C8H10BrN3.C4H8O/c1-6-4-12(5-6)8-10-2-7(3-11-8)9(13)14;1-6-4-12(5-6)8-10-2-7(9)3-11-8;1-2-4-5-3-1/h2-3,6,13-14H,4-5H2,1H3;2-3,6H,4-5H2,1H3;1-4H2. The molecule has 0 radical (unpaired) electrons. The fraction of sp³-hybridized carbons (Fsp3) is 0.600. The Balaban J connectivity index is 0.000000145. The fourth-order valence-corrected chi connectivity index (χ4v) is 3.54. The molecule has 0 aromatic carbocycles. The number of hydrogen-bond donors (Lipinski definition) is 2. The molecule has 3 aliphatic rings. The fourth-order valence-electron chi connectivity index (χ4n) is 3.33. The molecule has 168 valence electrons. The molecule has 9 nitrogen and oxygen atoms in total. The van der Waals surface area contributed by atoms with Crippen LogP contribution in [0.25, 0.3) is 0 Å². The topological polar surface area (TPSA) is 108 Å². The molecule has 5 heterocycles. The van der Waals surface area contributed by atoms with Crippen LogP contribution in [0.4, 0.5) is 11.9 Å². The van der Waals surface area contributed by atoms with E-state index in [1.807, 2.05) is 0 Å². The van der Waals surface area contributed by atoms with Crippen molar-refractivity contribution in [3.05, 3.63) is 29.3 Å². The summed E-state index contributed by atoms with van der Waals surface area (Å²) in [5, 5.41) is 17.7. The SMILES string of the molecule is C1CCOC1.CC1CN(c2ncc(B(O)O)cn2)C1.CC1CN(c2ncc(Br)cn2)C1. The molecule has 2 aromatic heterocycles. The second-order valence-electron chi connectivity index (χ2n) is 8.23. The third-order valence-electron chi connectivity index (χ3n) is 5.08. The summed E-state index contributed by atoms with van der Waals surface area (Å²) in [7, 11) is -1.49. The molecular weight excluding hydrogens is 463 g/mol. The zero-order valence-corrected chi connectivity index (χ0v) is 19.6. The highest BCUT2D eigenvalue weighted by atomic mass is 79.9. The summed E-state index contributed by atoms with van der Waals surface area (Å²) < 4.78 is 5.87. The van der Waals surface area contributed by atoms with Gasteiger partial charge in [-0.2, -0.15) is 0 Å². The summed E-state index contributed by atoms with van der Waals surface area (Å²) in [4.78, 5) is 20.7. The van der Waals surface area contributed by atoms with Crippen molar-refractivity contribution in [2.45, 2.75) is 26.7 Å². The summed E-state index contributed by atoms with van der Waals surface area (Å²) >= 11 is 3.30. The maximum absolute atomic E-state index is 8.83. The predicted octanol–water partition coefficient (Wildman–Crippen LogP) is 1.10. The van der Waals surface area contributed by atoms with E-state index in [-0.39, 0.29) is 0 Å². The Morgan fingerprint density at radius 1 is 0.839 bits per heavy atom. The first-order valence-corrected chi connectivity index (χ1v) is 11.4. The lowest BCUT2D eigenvalue weighted by molar-refractivity contribution is 0.198. The summed E-state index contributed by atoms with van der Waals surface area (Å²) in [6.07, 6.45) is 9.00. The normalized spacial score (nSPS) is 18.2. The van der Waals surface area contributed by atoms with E-state index in [1.54, 1.807) is 12.4 Å². The van der Waals surface area contributed by atoms with Crippen LogP contribution in [0, 0.1) is 11.8 Å². The van der Waals surface area contributed by atoms with E-state index in [0.717, 1.165) is 55.7 Å². The van der Waals surface area contributed by atoms with Crippen LogP contribution in [0.1, 0.15) is 26.7 Å². The number of rotatable bonds is 3. The van der Waals surface area contributed by atoms with Gasteiger partial charge in [0, 0.05) is 69.6 Å². The van der Waals surface area contributed by atoms with E-state index >= 15 is 0 Å². The molecule has 0 bridgehead atoms. The van der Waals surface area contributed by atoms with Gasteiger partial charge in [-0.3, -0.25) is 0 Å². The molecule has 2 aromatic rings. The average Bonchev–Trinajstić information content (AvgIpc) is 3.31. The van der Waals surface area contributed by atoms with Crippen molar-refractivity contribution >= 4 is 40.4 Å². The molecule has 11 heteroatoms. The zero-order valence-electron chi connectivity index (χ0n) is 18.1. The molecule has 0 saturated carbocycles. The van der Waals surface area contributed by atoms with E-state index in [0.29, 0.717) is 17.3 Å². The maximum Gasteiger partial charge on any atom is 0.491 e. The molecule has 3 fully saturated rings. The van der Waals surface area contributed by atoms with Crippen molar-refractivity contribution in [1.29, 1.82) is 0 Å². The summed E-state index contributed by atoms with van der Waals surface area (Å²) in [6.45, 7) is 10.5. The van der Waals surface area contributed by atoms with Gasteiger partial charge in [0.05, 0.1) is 4.47 Å². The summed E-state index contributed by atoms with van der Waals surface area (Å²) in [6, 6.07) is 0. The van der Waals surface area contributed by atoms with Gasteiger partial charge in [0.25, 0.3) is 0 Å². The van der Waals surface area contributed by atoms with Crippen LogP contribution in [0.15, 0.2) is 29.3 Å². The van der Waals surface area contributed by atoms with Crippen LogP contribution in [0.5, 0.6) is 0 Å². The largest absolute Gasteiger partial charge is 0.491 e. The molecule has 0 aliphatic carbocycles. The van der Waals surface area contributed by atoms with Crippen molar-refractivity contribution in [1.82, 2.24) is 19.9 Å². The molecule has 31 heavy (non-hydrogen) atoms. The second kappa shape index (κ2) is 11.7. The Bertz CT molecular complexity index is 775. The number of halogens is 1. The first-order valence-electron chi connectivity index (χ1n) is 10.7. The Hall–Kier alpha value is -1.82. The highest BCUT2D eigenvalue weighted by molar-refractivity contribution is 9.10. The maximum atomic E-state index is 8.83. The van der Waals surface area contributed by atoms with Crippen molar-refractivity contribution in [2.24, 2.45) is 11.8 Å². The Morgan fingerprint density at radius 2 is 1.26 bits per heavy atom. The number of aromatic nitrogens is 4. The number of ether oxygens (including phenoxy) is 1. The highest BCUT2D eigenvalue weighted by Gasteiger charge is 2.25. The quantitative estimate of drug-likeness (QED) is 0.609. The molecule has 0 spiro atoms. The van der Waals surface area contributed by atoms with E-state index in [9.17, 15) is 0 Å². The second-order valence-corrected chi connectivity index (χ2v) is 9.15. The minimum absolute atomic E-state index is 0.322. The van der Waals surface area contributed by atoms with Gasteiger partial charge in [-0.1, -0.05) is 13.8 Å². The van der Waals surface area contributed by atoms with Crippen molar-refractivity contribution in [3.8, 4) is 0 Å². The minimum Gasteiger partial charge on any atom is -0.423 e. The Labute approximate surface area is 192 Å². The van der Waals surface area contributed by atoms with Crippen molar-refractivity contribution < 1.29 is 14.8 Å². The summed E-state index contributed by atoms with van der Waals surface area (Å²) in [5.74, 6) is 2.99. The van der Waals surface area contributed by atoms with Gasteiger partial charge in [-0.05, 0) is 40.6 Å². The molecule has 0 amide bonds. The molecule has 0 unspecified atom stereocenters. The van der Waals surface area contributed by atoms with E-state index in [4.69, 9.17) is 14.8 Å². The molecule has 3 saturated heterocycles. The Morgan fingerprint density at radius 3 is 1.58 bits per heavy atom. The third kappa shape index (κ3) is 7.38. The number of nitrogens with zero attached hydrogens (tertiary/aromatic N) is 6. The van der Waals surface area contributed by atoms with Gasteiger partial charge >= 0.3 is 7.12 Å². The molecule has 0 atom stereocenters. The van der Waals surface area contributed by atoms with Gasteiger partial charge in [0.1, 0.15) is 0 Å². The van der Waals surface area contributed by atoms with Gasteiger partial charge in [-0.15, -0.1) is 0 Å². The first kappa shape index (κ1) is 23.8. The van der Waals surface area contributed by atoms with Crippen LogP contribution in [-0.4, -0.2) is 76.5 Å². The predicted molar refractivity (Wildman–Crippen MR) is 124 cm³/mol. The van der Waals surface area contributed by atoms with Gasteiger partial charge in [-0.25, -0.2) is 19.9 Å². The van der Waals surface area contributed by atoms with Gasteiger partial charge in [0.2, 0.25) is 11.9 Å². The van der Waals surface area contributed by atoms with Crippen molar-refractivity contribution in [2.75, 3.05) is 49.2 Å². The van der Waals surface area contributed by atoms with Crippen molar-refractivity contribution in [3.63, 3.8) is 0 Å².